The first-order chi connectivity index (χ1) is 6.34. The maximum atomic E-state index is 11.5. The Bertz CT molecular complexity index is 286. The normalized spacial score (nSPS) is 14.3. The molecule has 1 N–H and O–H groups in total. The molecule has 0 heterocycles. The Kier molecular flexibility index (Phi) is 5.07. The maximum Gasteiger partial charge on any atom is 0.323 e. The Labute approximate surface area is 84.8 Å². The Morgan fingerprint density at radius 3 is 2.36 bits per heavy atom. The molecular weight excluding hydrogens is 206 g/mol. The molecule has 0 radical (unpaired) electrons. The number of sulfonamides is 1. The average molecular weight is 223 g/mol. The summed E-state index contributed by atoms with van der Waals surface area (Å²) in [5.74, 6) is -1.31. The molecule has 0 spiro atoms. The lowest BCUT2D eigenvalue weighted by Gasteiger charge is -2.19. The minimum absolute atomic E-state index is 0.371. The lowest BCUT2D eigenvalue weighted by atomic mass is 10.3. The third kappa shape index (κ3) is 3.26. The summed E-state index contributed by atoms with van der Waals surface area (Å²) < 4.78 is 24.2. The second-order valence-electron chi connectivity index (χ2n) is 3.20. The van der Waals surface area contributed by atoms with E-state index in [1.54, 1.807) is 0 Å². The molecule has 0 rings (SSSR count). The smallest absolute Gasteiger partial charge is 0.323 e. The molecule has 0 aromatic heterocycles. The summed E-state index contributed by atoms with van der Waals surface area (Å²) in [6, 6.07) is 0. The van der Waals surface area contributed by atoms with Crippen LogP contribution in [0.3, 0.4) is 0 Å². The van der Waals surface area contributed by atoms with Crippen LogP contribution in [0.25, 0.3) is 0 Å². The number of unbranched alkanes of at least 4 members (excludes halogenated alkanes) is 1. The highest BCUT2D eigenvalue weighted by atomic mass is 32.2. The summed E-state index contributed by atoms with van der Waals surface area (Å²) in [7, 11) is -2.27. The fourth-order valence-corrected chi connectivity index (χ4v) is 2.08. The first-order valence-corrected chi connectivity index (χ1v) is 6.02. The third-order valence-electron chi connectivity index (χ3n) is 2.06. The molecule has 6 heteroatoms. The van der Waals surface area contributed by atoms with Gasteiger partial charge < -0.3 is 5.11 Å². The van der Waals surface area contributed by atoms with E-state index >= 15 is 0 Å². The van der Waals surface area contributed by atoms with Crippen molar-refractivity contribution in [2.75, 3.05) is 13.6 Å². The molecule has 0 aliphatic carbocycles. The number of carboxylic acid groups (broad SMARTS) is 1. The molecule has 0 fully saturated rings. The van der Waals surface area contributed by atoms with E-state index in [1.165, 1.54) is 14.0 Å². The summed E-state index contributed by atoms with van der Waals surface area (Å²) in [6.45, 7) is 3.50. The molecule has 1 unspecified atom stereocenters. The average Bonchev–Trinajstić information content (AvgIpc) is 2.12. The zero-order chi connectivity index (χ0) is 11.4. The van der Waals surface area contributed by atoms with E-state index in [2.05, 4.69) is 0 Å². The van der Waals surface area contributed by atoms with Gasteiger partial charge in [0.15, 0.2) is 5.25 Å². The van der Waals surface area contributed by atoms with Crippen molar-refractivity contribution in [3.05, 3.63) is 0 Å². The van der Waals surface area contributed by atoms with Gasteiger partial charge in [-0.05, 0) is 13.3 Å². The first-order valence-electron chi connectivity index (χ1n) is 4.52. The highest BCUT2D eigenvalue weighted by Gasteiger charge is 2.30. The molecule has 0 aliphatic rings. The molecular formula is C8H17NO4S. The number of rotatable bonds is 6. The predicted molar refractivity (Wildman–Crippen MR) is 53.6 cm³/mol. The van der Waals surface area contributed by atoms with Gasteiger partial charge in [0.1, 0.15) is 0 Å². The molecule has 0 aromatic carbocycles. The Hall–Kier alpha value is -0.620. The highest BCUT2D eigenvalue weighted by molar-refractivity contribution is 7.90. The van der Waals surface area contributed by atoms with Gasteiger partial charge in [0.05, 0.1) is 0 Å². The van der Waals surface area contributed by atoms with Crippen LogP contribution in [0.4, 0.5) is 0 Å². The molecule has 0 saturated carbocycles. The quantitative estimate of drug-likeness (QED) is 0.712. The number of nitrogens with zero attached hydrogens (tertiary/aromatic N) is 1. The Morgan fingerprint density at radius 1 is 1.50 bits per heavy atom. The standard InChI is InChI=1S/C8H17NO4S/c1-4-5-6-9(3)14(12,13)7(2)8(10)11/h7H,4-6H2,1-3H3,(H,10,11). The van der Waals surface area contributed by atoms with Crippen molar-refractivity contribution < 1.29 is 18.3 Å². The molecule has 0 aliphatic heterocycles. The molecule has 5 nitrogen and oxygen atoms in total. The van der Waals surface area contributed by atoms with Crippen molar-refractivity contribution in [1.29, 1.82) is 0 Å². The zero-order valence-electron chi connectivity index (χ0n) is 8.73. The van der Waals surface area contributed by atoms with E-state index < -0.39 is 21.2 Å². The van der Waals surface area contributed by atoms with Crippen LogP contribution in [0.5, 0.6) is 0 Å². The predicted octanol–water partition coefficient (Wildman–Crippen LogP) is 0.521. The van der Waals surface area contributed by atoms with E-state index in [9.17, 15) is 13.2 Å². The van der Waals surface area contributed by atoms with Gasteiger partial charge in [0.2, 0.25) is 10.0 Å². The van der Waals surface area contributed by atoms with Crippen LogP contribution in [0.1, 0.15) is 26.7 Å². The second kappa shape index (κ2) is 5.31. The van der Waals surface area contributed by atoms with Gasteiger partial charge in [-0.3, -0.25) is 4.79 Å². The van der Waals surface area contributed by atoms with Crippen molar-refractivity contribution in [3.63, 3.8) is 0 Å². The van der Waals surface area contributed by atoms with Gasteiger partial charge in [-0.15, -0.1) is 0 Å². The largest absolute Gasteiger partial charge is 0.480 e. The van der Waals surface area contributed by atoms with Gasteiger partial charge in [-0.2, -0.15) is 0 Å². The lowest BCUT2D eigenvalue weighted by molar-refractivity contribution is -0.136. The monoisotopic (exact) mass is 223 g/mol. The lowest BCUT2D eigenvalue weighted by Crippen LogP contribution is -2.39. The number of hydrogen-bond donors (Lipinski definition) is 1. The molecule has 0 aromatic rings. The highest BCUT2D eigenvalue weighted by Crippen LogP contribution is 2.08. The second-order valence-corrected chi connectivity index (χ2v) is 5.56. The number of carboxylic acids is 1. The van der Waals surface area contributed by atoms with Crippen LogP contribution in [-0.4, -0.2) is 42.6 Å². The molecule has 0 amide bonds. The van der Waals surface area contributed by atoms with E-state index in [-0.39, 0.29) is 0 Å². The number of aliphatic carboxylic acids is 1. The summed E-state index contributed by atoms with van der Waals surface area (Å²) >= 11 is 0. The fraction of sp³-hybridized carbons (Fsp3) is 0.875. The van der Waals surface area contributed by atoms with E-state index in [0.717, 1.165) is 17.1 Å². The Morgan fingerprint density at radius 2 is 2.00 bits per heavy atom. The molecule has 0 bridgehead atoms. The van der Waals surface area contributed by atoms with Crippen molar-refractivity contribution in [2.24, 2.45) is 0 Å². The van der Waals surface area contributed by atoms with Gasteiger partial charge in [-0.25, -0.2) is 12.7 Å². The topological polar surface area (TPSA) is 74.7 Å². The van der Waals surface area contributed by atoms with Crippen LogP contribution in [0, 0.1) is 0 Å². The summed E-state index contributed by atoms with van der Waals surface area (Å²) in [6.07, 6.45) is 1.61. The van der Waals surface area contributed by atoms with Crippen LogP contribution in [0.2, 0.25) is 0 Å². The maximum absolute atomic E-state index is 11.5. The van der Waals surface area contributed by atoms with Crippen LogP contribution >= 0.6 is 0 Å². The number of carbonyl (C=O) groups is 1. The van der Waals surface area contributed by atoms with Crippen molar-refractivity contribution in [1.82, 2.24) is 4.31 Å². The van der Waals surface area contributed by atoms with Crippen LogP contribution in [-0.2, 0) is 14.8 Å². The van der Waals surface area contributed by atoms with E-state index in [4.69, 9.17) is 5.11 Å². The Balaban J connectivity index is 4.53. The van der Waals surface area contributed by atoms with Gasteiger partial charge in [-0.1, -0.05) is 13.3 Å². The van der Waals surface area contributed by atoms with Gasteiger partial charge >= 0.3 is 5.97 Å². The van der Waals surface area contributed by atoms with Gasteiger partial charge in [0.25, 0.3) is 0 Å². The van der Waals surface area contributed by atoms with Crippen molar-refractivity contribution in [3.8, 4) is 0 Å². The fourth-order valence-electron chi connectivity index (χ4n) is 0.905. The molecule has 14 heavy (non-hydrogen) atoms. The van der Waals surface area contributed by atoms with Gasteiger partial charge in [0, 0.05) is 13.6 Å². The minimum Gasteiger partial charge on any atom is -0.480 e. The minimum atomic E-state index is -3.68. The number of hydrogen-bond acceptors (Lipinski definition) is 3. The summed E-state index contributed by atoms with van der Waals surface area (Å²) in [5, 5.41) is 7.22. The van der Waals surface area contributed by atoms with E-state index in [1.807, 2.05) is 6.92 Å². The van der Waals surface area contributed by atoms with Crippen LogP contribution in [0.15, 0.2) is 0 Å². The van der Waals surface area contributed by atoms with Crippen molar-refractivity contribution in [2.45, 2.75) is 31.9 Å². The third-order valence-corrected chi connectivity index (χ3v) is 4.20. The first kappa shape index (κ1) is 13.4. The summed E-state index contributed by atoms with van der Waals surface area (Å²) in [4.78, 5) is 10.5. The van der Waals surface area contributed by atoms with Crippen molar-refractivity contribution >= 4 is 16.0 Å². The summed E-state index contributed by atoms with van der Waals surface area (Å²) in [5.41, 5.74) is 0. The molecule has 0 saturated heterocycles. The van der Waals surface area contributed by atoms with Crippen LogP contribution < -0.4 is 0 Å². The molecule has 84 valence electrons. The SMILES string of the molecule is CCCCN(C)S(=O)(=O)C(C)C(=O)O. The zero-order valence-corrected chi connectivity index (χ0v) is 9.54. The van der Waals surface area contributed by atoms with E-state index in [0.29, 0.717) is 6.54 Å². The molecule has 1 atom stereocenters.